The monoisotopic (exact) mass is 434 g/mol. The Morgan fingerprint density at radius 1 is 1.18 bits per heavy atom. The van der Waals surface area contributed by atoms with Gasteiger partial charge in [-0.2, -0.15) is 0 Å². The van der Waals surface area contributed by atoms with E-state index in [1.165, 1.54) is 4.88 Å². The molecule has 2 heterocycles. The fraction of sp³-hybridized carbons (Fsp3) is 0.300. The van der Waals surface area contributed by atoms with Crippen molar-refractivity contribution in [2.75, 3.05) is 24.3 Å². The molecule has 0 aliphatic carbocycles. The zero-order chi connectivity index (χ0) is 19.8. The summed E-state index contributed by atoms with van der Waals surface area (Å²) in [5.74, 6) is 2.32. The summed E-state index contributed by atoms with van der Waals surface area (Å²) in [5.41, 5.74) is 1.63. The van der Waals surface area contributed by atoms with Crippen molar-refractivity contribution >= 4 is 46.0 Å². The maximum atomic E-state index is 12.4. The number of anilines is 1. The Bertz CT molecular complexity index is 894. The number of benzene rings is 1. The van der Waals surface area contributed by atoms with Gasteiger partial charge in [-0.1, -0.05) is 6.07 Å². The number of thioether (sulfide) groups is 1. The van der Waals surface area contributed by atoms with Gasteiger partial charge < -0.3 is 14.8 Å². The van der Waals surface area contributed by atoms with E-state index >= 15 is 0 Å². The molecule has 1 aromatic carbocycles. The maximum Gasteiger partial charge on any atom is 0.234 e. The molecule has 0 bridgehead atoms. The van der Waals surface area contributed by atoms with Crippen LogP contribution in [0.1, 0.15) is 19.5 Å². The highest BCUT2D eigenvalue weighted by Crippen LogP contribution is 2.31. The first-order chi connectivity index (χ1) is 13.7. The molecule has 0 saturated heterocycles. The van der Waals surface area contributed by atoms with Gasteiger partial charge in [-0.05, 0) is 37.4 Å². The highest BCUT2D eigenvalue weighted by atomic mass is 32.2. The third-order valence-corrected chi connectivity index (χ3v) is 6.50. The Hall–Kier alpha value is -2.03. The number of carbonyl (C=O) groups excluding carboxylic acids is 1. The van der Waals surface area contributed by atoms with Crippen LogP contribution >= 0.6 is 34.4 Å². The first-order valence-electron chi connectivity index (χ1n) is 8.95. The lowest BCUT2D eigenvalue weighted by Gasteiger charge is -2.13. The van der Waals surface area contributed by atoms with Crippen LogP contribution < -0.4 is 14.8 Å². The Balaban J connectivity index is 1.53. The molecule has 1 amide bonds. The second-order valence-electron chi connectivity index (χ2n) is 5.69. The van der Waals surface area contributed by atoms with Crippen molar-refractivity contribution in [2.24, 2.45) is 0 Å². The number of carbonyl (C=O) groups is 1. The number of rotatable bonds is 10. The van der Waals surface area contributed by atoms with Crippen LogP contribution in [-0.2, 0) is 10.5 Å². The van der Waals surface area contributed by atoms with Gasteiger partial charge in [0.2, 0.25) is 5.91 Å². The average molecular weight is 435 g/mol. The lowest BCUT2D eigenvalue weighted by molar-refractivity contribution is -0.113. The predicted molar refractivity (Wildman–Crippen MR) is 119 cm³/mol. The lowest BCUT2D eigenvalue weighted by Crippen LogP contribution is -2.15. The van der Waals surface area contributed by atoms with Gasteiger partial charge in [0.05, 0.1) is 35.2 Å². The number of thiazole rings is 1. The van der Waals surface area contributed by atoms with E-state index in [1.54, 1.807) is 40.5 Å². The van der Waals surface area contributed by atoms with E-state index in [9.17, 15) is 4.79 Å². The van der Waals surface area contributed by atoms with Gasteiger partial charge in [0.15, 0.2) is 0 Å². The molecule has 0 atom stereocenters. The fourth-order valence-electron chi connectivity index (χ4n) is 2.47. The molecule has 0 spiro atoms. The summed E-state index contributed by atoms with van der Waals surface area (Å²) in [6.45, 7) is 4.93. The fourth-order valence-corrected chi connectivity index (χ4v) is 4.92. The highest BCUT2D eigenvalue weighted by molar-refractivity contribution is 7.99. The Labute approximate surface area is 177 Å². The second kappa shape index (κ2) is 10.5. The zero-order valence-electron chi connectivity index (χ0n) is 15.8. The molecule has 3 aromatic rings. The van der Waals surface area contributed by atoms with Gasteiger partial charge in [0.25, 0.3) is 0 Å². The van der Waals surface area contributed by atoms with Crippen LogP contribution in [0.5, 0.6) is 11.5 Å². The molecule has 148 valence electrons. The van der Waals surface area contributed by atoms with Crippen molar-refractivity contribution in [2.45, 2.75) is 19.6 Å². The summed E-state index contributed by atoms with van der Waals surface area (Å²) >= 11 is 4.86. The minimum Gasteiger partial charge on any atom is -0.494 e. The van der Waals surface area contributed by atoms with E-state index in [0.717, 1.165) is 10.7 Å². The largest absolute Gasteiger partial charge is 0.494 e. The maximum absolute atomic E-state index is 12.4. The first kappa shape index (κ1) is 20.7. The van der Waals surface area contributed by atoms with Crippen LogP contribution in [-0.4, -0.2) is 29.9 Å². The molecule has 1 N–H and O–H groups in total. The standard InChI is InChI=1S/C20H22N2O3S3/c1-3-24-15-7-8-17(25-4-2)16(10-15)22-19(23)13-26-11-14-12-28-20(21-14)18-6-5-9-27-18/h5-10,12H,3-4,11,13H2,1-2H3,(H,22,23). The predicted octanol–water partition coefficient (Wildman–Crippen LogP) is 5.54. The van der Waals surface area contributed by atoms with Crippen molar-refractivity contribution in [3.8, 4) is 21.4 Å². The summed E-state index contributed by atoms with van der Waals surface area (Å²) in [7, 11) is 0. The third-order valence-electron chi connectivity index (χ3n) is 3.60. The molecule has 2 aromatic heterocycles. The van der Waals surface area contributed by atoms with Gasteiger partial charge in [-0.3, -0.25) is 4.79 Å². The van der Waals surface area contributed by atoms with Crippen molar-refractivity contribution < 1.29 is 14.3 Å². The van der Waals surface area contributed by atoms with E-state index < -0.39 is 0 Å². The number of amides is 1. The Morgan fingerprint density at radius 3 is 2.79 bits per heavy atom. The van der Waals surface area contributed by atoms with E-state index in [2.05, 4.69) is 21.7 Å². The third kappa shape index (κ3) is 5.73. The normalized spacial score (nSPS) is 10.6. The van der Waals surface area contributed by atoms with Gasteiger partial charge >= 0.3 is 0 Å². The molecule has 0 radical (unpaired) electrons. The van der Waals surface area contributed by atoms with Crippen LogP contribution in [0.2, 0.25) is 0 Å². The van der Waals surface area contributed by atoms with Crippen LogP contribution in [0.15, 0.2) is 41.1 Å². The highest BCUT2D eigenvalue weighted by Gasteiger charge is 2.11. The van der Waals surface area contributed by atoms with Crippen molar-refractivity contribution in [3.63, 3.8) is 0 Å². The quantitative estimate of drug-likeness (QED) is 0.454. The molecule has 28 heavy (non-hydrogen) atoms. The number of hydrogen-bond donors (Lipinski definition) is 1. The number of ether oxygens (including phenoxy) is 2. The van der Waals surface area contributed by atoms with Crippen LogP contribution in [0.3, 0.4) is 0 Å². The molecule has 0 unspecified atom stereocenters. The van der Waals surface area contributed by atoms with E-state index in [-0.39, 0.29) is 5.91 Å². The number of aromatic nitrogens is 1. The van der Waals surface area contributed by atoms with Crippen LogP contribution in [0, 0.1) is 0 Å². The first-order valence-corrected chi connectivity index (χ1v) is 11.9. The Morgan fingerprint density at radius 2 is 2.04 bits per heavy atom. The number of nitrogens with one attached hydrogen (secondary N) is 1. The van der Waals surface area contributed by atoms with Gasteiger partial charge in [-0.25, -0.2) is 4.98 Å². The number of thiophene rings is 1. The molecule has 0 aliphatic rings. The lowest BCUT2D eigenvalue weighted by atomic mass is 10.2. The summed E-state index contributed by atoms with van der Waals surface area (Å²) in [4.78, 5) is 18.2. The minimum atomic E-state index is -0.0756. The van der Waals surface area contributed by atoms with Crippen molar-refractivity contribution in [1.29, 1.82) is 0 Å². The van der Waals surface area contributed by atoms with Crippen LogP contribution in [0.4, 0.5) is 5.69 Å². The molecular weight excluding hydrogens is 412 g/mol. The summed E-state index contributed by atoms with van der Waals surface area (Å²) in [6, 6.07) is 9.55. The Kier molecular flexibility index (Phi) is 7.76. The summed E-state index contributed by atoms with van der Waals surface area (Å²) in [5, 5.41) is 8.06. The van der Waals surface area contributed by atoms with Crippen molar-refractivity contribution in [3.05, 3.63) is 46.8 Å². The van der Waals surface area contributed by atoms with E-state index in [4.69, 9.17) is 9.47 Å². The molecule has 3 rings (SSSR count). The van der Waals surface area contributed by atoms with Gasteiger partial charge in [0.1, 0.15) is 16.5 Å². The van der Waals surface area contributed by atoms with Gasteiger partial charge in [-0.15, -0.1) is 34.4 Å². The van der Waals surface area contributed by atoms with Crippen molar-refractivity contribution in [1.82, 2.24) is 4.98 Å². The SMILES string of the molecule is CCOc1ccc(OCC)c(NC(=O)CSCc2csc(-c3cccs3)n2)c1. The molecular formula is C20H22N2O3S3. The van der Waals surface area contributed by atoms with Crippen LogP contribution in [0.25, 0.3) is 9.88 Å². The smallest absolute Gasteiger partial charge is 0.234 e. The molecule has 0 saturated carbocycles. The number of nitrogens with zero attached hydrogens (tertiary/aromatic N) is 1. The van der Waals surface area contributed by atoms with Gasteiger partial charge in [0, 0.05) is 17.2 Å². The molecule has 8 heteroatoms. The summed E-state index contributed by atoms with van der Waals surface area (Å²) in [6.07, 6.45) is 0. The zero-order valence-corrected chi connectivity index (χ0v) is 18.2. The average Bonchev–Trinajstić information content (AvgIpc) is 3.36. The summed E-state index contributed by atoms with van der Waals surface area (Å²) < 4.78 is 11.1. The minimum absolute atomic E-state index is 0.0756. The number of hydrogen-bond acceptors (Lipinski definition) is 7. The molecule has 5 nitrogen and oxygen atoms in total. The topological polar surface area (TPSA) is 60.5 Å². The van der Waals surface area contributed by atoms with E-state index in [0.29, 0.717) is 41.9 Å². The molecule has 0 aliphatic heterocycles. The van der Waals surface area contributed by atoms with E-state index in [1.807, 2.05) is 37.4 Å². The molecule has 0 fully saturated rings. The second-order valence-corrected chi connectivity index (χ2v) is 8.48.